The molecular weight excluding hydrogens is 228 g/mol. The first-order valence-electron chi connectivity index (χ1n) is 4.70. The van der Waals surface area contributed by atoms with Crippen LogP contribution >= 0.6 is 11.6 Å². The zero-order chi connectivity index (χ0) is 11.5. The highest BCUT2D eigenvalue weighted by molar-refractivity contribution is 6.31. The summed E-state index contributed by atoms with van der Waals surface area (Å²) in [6, 6.07) is 7.23. The number of nitrogens with zero attached hydrogens (tertiary/aromatic N) is 1. The summed E-state index contributed by atoms with van der Waals surface area (Å²) in [7, 11) is 1.63. The first-order valence-corrected chi connectivity index (χ1v) is 5.08. The fourth-order valence-corrected chi connectivity index (χ4v) is 1.63. The Morgan fingerprint density at radius 2 is 2.25 bits per heavy atom. The van der Waals surface area contributed by atoms with Crippen LogP contribution in [0.1, 0.15) is 5.56 Å². The fourth-order valence-electron chi connectivity index (χ4n) is 1.40. The van der Waals surface area contributed by atoms with Gasteiger partial charge in [0.1, 0.15) is 0 Å². The van der Waals surface area contributed by atoms with Gasteiger partial charge in [-0.1, -0.05) is 28.9 Å². The van der Waals surface area contributed by atoms with E-state index < -0.39 is 0 Å². The molecule has 2 rings (SSSR count). The van der Waals surface area contributed by atoms with Crippen LogP contribution in [0.25, 0.3) is 11.3 Å². The van der Waals surface area contributed by atoms with Gasteiger partial charge in [-0.3, -0.25) is 0 Å². The van der Waals surface area contributed by atoms with Crippen LogP contribution in [0.3, 0.4) is 0 Å². The molecule has 4 nitrogen and oxygen atoms in total. The van der Waals surface area contributed by atoms with Gasteiger partial charge in [0, 0.05) is 23.8 Å². The average Bonchev–Trinajstić information content (AvgIpc) is 2.68. The molecule has 0 fully saturated rings. The molecule has 2 aromatic rings. The van der Waals surface area contributed by atoms with Crippen molar-refractivity contribution in [2.45, 2.75) is 6.61 Å². The summed E-state index contributed by atoms with van der Waals surface area (Å²) in [5, 5.41) is 4.25. The summed E-state index contributed by atoms with van der Waals surface area (Å²) in [5.41, 5.74) is 7.25. The largest absolute Gasteiger partial charge is 0.381 e. The smallest absolute Gasteiger partial charge is 0.169 e. The molecule has 0 spiro atoms. The fraction of sp³-hybridized carbons (Fsp3) is 0.182. The Kier molecular flexibility index (Phi) is 3.12. The molecule has 0 saturated heterocycles. The third-order valence-electron chi connectivity index (χ3n) is 2.17. The Labute approximate surface area is 97.9 Å². The van der Waals surface area contributed by atoms with Crippen LogP contribution < -0.4 is 5.73 Å². The van der Waals surface area contributed by atoms with Gasteiger partial charge in [0.15, 0.2) is 11.6 Å². The minimum atomic E-state index is 0.354. The molecule has 0 aliphatic heterocycles. The lowest BCUT2D eigenvalue weighted by Crippen LogP contribution is -1.89. The van der Waals surface area contributed by atoms with Gasteiger partial charge >= 0.3 is 0 Å². The van der Waals surface area contributed by atoms with E-state index in [1.165, 1.54) is 0 Å². The van der Waals surface area contributed by atoms with E-state index in [1.54, 1.807) is 19.2 Å². The van der Waals surface area contributed by atoms with Crippen LogP contribution in [0, 0.1) is 0 Å². The average molecular weight is 239 g/mol. The molecule has 0 aliphatic carbocycles. The van der Waals surface area contributed by atoms with Crippen LogP contribution in [0.2, 0.25) is 5.02 Å². The third-order valence-corrected chi connectivity index (χ3v) is 2.52. The highest BCUT2D eigenvalue weighted by atomic mass is 35.5. The van der Waals surface area contributed by atoms with Crippen molar-refractivity contribution in [3.05, 3.63) is 34.9 Å². The molecule has 0 atom stereocenters. The zero-order valence-corrected chi connectivity index (χ0v) is 9.49. The van der Waals surface area contributed by atoms with Crippen molar-refractivity contribution in [1.82, 2.24) is 5.16 Å². The van der Waals surface area contributed by atoms with Crippen molar-refractivity contribution in [3.63, 3.8) is 0 Å². The molecule has 5 heteroatoms. The standard InChI is InChI=1S/C11H11ClN2O2/c1-15-6-8-3-2-7(4-9(8)12)10-5-11(13)14-16-10/h2-5H,6H2,1H3,(H2,13,14). The number of benzene rings is 1. The van der Waals surface area contributed by atoms with E-state index in [9.17, 15) is 0 Å². The van der Waals surface area contributed by atoms with Gasteiger partial charge in [-0.15, -0.1) is 0 Å². The Hall–Kier alpha value is -1.52. The van der Waals surface area contributed by atoms with E-state index >= 15 is 0 Å². The van der Waals surface area contributed by atoms with Crippen LogP contribution in [-0.4, -0.2) is 12.3 Å². The molecule has 0 bridgehead atoms. The van der Waals surface area contributed by atoms with E-state index in [0.717, 1.165) is 11.1 Å². The molecule has 2 N–H and O–H groups in total. The number of anilines is 1. The Balaban J connectivity index is 2.34. The number of nitrogens with two attached hydrogens (primary N) is 1. The number of hydrogen-bond acceptors (Lipinski definition) is 4. The highest BCUT2D eigenvalue weighted by Gasteiger charge is 2.07. The van der Waals surface area contributed by atoms with E-state index in [1.807, 2.05) is 12.1 Å². The third kappa shape index (κ3) is 2.18. The predicted molar refractivity (Wildman–Crippen MR) is 62.1 cm³/mol. The summed E-state index contributed by atoms with van der Waals surface area (Å²) >= 11 is 6.09. The van der Waals surface area contributed by atoms with Crippen LogP contribution in [-0.2, 0) is 11.3 Å². The lowest BCUT2D eigenvalue weighted by atomic mass is 10.1. The minimum Gasteiger partial charge on any atom is -0.381 e. The van der Waals surface area contributed by atoms with Crippen LogP contribution in [0.5, 0.6) is 0 Å². The number of rotatable bonds is 3. The van der Waals surface area contributed by atoms with Gasteiger partial charge in [0.05, 0.1) is 6.61 Å². The van der Waals surface area contributed by atoms with Crippen molar-refractivity contribution in [1.29, 1.82) is 0 Å². The van der Waals surface area contributed by atoms with E-state index in [4.69, 9.17) is 26.6 Å². The molecule has 0 saturated carbocycles. The molecule has 0 amide bonds. The summed E-state index contributed by atoms with van der Waals surface area (Å²) in [6.07, 6.45) is 0. The molecule has 84 valence electrons. The number of hydrogen-bond donors (Lipinski definition) is 1. The van der Waals surface area contributed by atoms with Gasteiger partial charge in [-0.2, -0.15) is 0 Å². The van der Waals surface area contributed by atoms with Crippen molar-refractivity contribution in [2.24, 2.45) is 0 Å². The molecule has 1 aromatic carbocycles. The molecule has 0 unspecified atom stereocenters. The first-order chi connectivity index (χ1) is 7.70. The summed E-state index contributed by atoms with van der Waals surface area (Å²) in [4.78, 5) is 0. The van der Waals surface area contributed by atoms with Crippen molar-refractivity contribution in [2.75, 3.05) is 12.8 Å². The summed E-state index contributed by atoms with van der Waals surface area (Å²) in [6.45, 7) is 0.484. The molecule has 0 aliphatic rings. The van der Waals surface area contributed by atoms with Crippen molar-refractivity contribution < 1.29 is 9.26 Å². The lowest BCUT2D eigenvalue weighted by Gasteiger charge is -2.04. The Bertz CT molecular complexity index is 496. The SMILES string of the molecule is COCc1ccc(-c2cc(N)no2)cc1Cl. The predicted octanol–water partition coefficient (Wildman–Crippen LogP) is 2.72. The Morgan fingerprint density at radius 1 is 1.44 bits per heavy atom. The second kappa shape index (κ2) is 4.55. The summed E-state index contributed by atoms with van der Waals surface area (Å²) in [5.74, 6) is 0.954. The van der Waals surface area contributed by atoms with Gasteiger partial charge < -0.3 is 15.0 Å². The highest BCUT2D eigenvalue weighted by Crippen LogP contribution is 2.26. The van der Waals surface area contributed by atoms with Gasteiger partial charge in [0.2, 0.25) is 0 Å². The van der Waals surface area contributed by atoms with Crippen molar-refractivity contribution in [3.8, 4) is 11.3 Å². The quantitative estimate of drug-likeness (QED) is 0.893. The molecule has 1 heterocycles. The molecule has 1 aromatic heterocycles. The lowest BCUT2D eigenvalue weighted by molar-refractivity contribution is 0.185. The topological polar surface area (TPSA) is 61.3 Å². The number of nitrogen functional groups attached to an aromatic ring is 1. The van der Waals surface area contributed by atoms with Gasteiger partial charge in [0.25, 0.3) is 0 Å². The number of aromatic nitrogens is 1. The van der Waals surface area contributed by atoms with Gasteiger partial charge in [-0.05, 0) is 11.6 Å². The maximum absolute atomic E-state index is 6.09. The van der Waals surface area contributed by atoms with Gasteiger partial charge in [-0.25, -0.2) is 0 Å². The van der Waals surface area contributed by atoms with Crippen LogP contribution in [0.15, 0.2) is 28.8 Å². The molecule has 0 radical (unpaired) electrons. The van der Waals surface area contributed by atoms with E-state index in [2.05, 4.69) is 5.16 Å². The Morgan fingerprint density at radius 3 is 2.81 bits per heavy atom. The number of methoxy groups -OCH3 is 1. The molecule has 16 heavy (non-hydrogen) atoms. The molecular formula is C11H11ClN2O2. The second-order valence-corrected chi connectivity index (χ2v) is 3.76. The van der Waals surface area contributed by atoms with Crippen molar-refractivity contribution >= 4 is 17.4 Å². The minimum absolute atomic E-state index is 0.354. The second-order valence-electron chi connectivity index (χ2n) is 3.36. The first kappa shape index (κ1) is 11.0. The maximum atomic E-state index is 6.09. The maximum Gasteiger partial charge on any atom is 0.169 e. The normalized spacial score (nSPS) is 10.6. The zero-order valence-electron chi connectivity index (χ0n) is 8.74. The monoisotopic (exact) mass is 238 g/mol. The number of halogens is 1. The summed E-state index contributed by atoms with van der Waals surface area (Å²) < 4.78 is 10.1. The number of ether oxygens (including phenoxy) is 1. The van der Waals surface area contributed by atoms with E-state index in [-0.39, 0.29) is 0 Å². The van der Waals surface area contributed by atoms with Crippen LogP contribution in [0.4, 0.5) is 5.82 Å². The van der Waals surface area contributed by atoms with E-state index in [0.29, 0.717) is 23.2 Å².